The number of sulfonamides is 1. The van der Waals surface area contributed by atoms with Crippen molar-refractivity contribution in [3.05, 3.63) is 52.5 Å². The average molecular weight is 430 g/mol. The van der Waals surface area contributed by atoms with Crippen molar-refractivity contribution in [3.8, 4) is 0 Å². The van der Waals surface area contributed by atoms with E-state index in [-0.39, 0.29) is 17.3 Å². The van der Waals surface area contributed by atoms with Gasteiger partial charge in [0.15, 0.2) is 0 Å². The zero-order chi connectivity index (χ0) is 20.0. The molecule has 0 aliphatic carbocycles. The highest BCUT2D eigenvalue weighted by Gasteiger charge is 2.21. The second-order valence-electron chi connectivity index (χ2n) is 5.68. The van der Waals surface area contributed by atoms with Crippen LogP contribution in [0.5, 0.6) is 0 Å². The van der Waals surface area contributed by atoms with Gasteiger partial charge in [0.2, 0.25) is 15.9 Å². The summed E-state index contributed by atoms with van der Waals surface area (Å²) in [6.07, 6.45) is 0. The molecule has 0 fully saturated rings. The molecule has 0 saturated carbocycles. The molecule has 2 aromatic rings. The minimum Gasteiger partial charge on any atom is -0.376 e. The van der Waals surface area contributed by atoms with Crippen LogP contribution in [0.2, 0.25) is 10.0 Å². The Hall–Kier alpha value is -1.80. The van der Waals surface area contributed by atoms with E-state index in [1.807, 2.05) is 0 Å². The van der Waals surface area contributed by atoms with Gasteiger partial charge in [-0.1, -0.05) is 43.1 Å². The van der Waals surface area contributed by atoms with E-state index in [0.29, 0.717) is 34.5 Å². The first-order chi connectivity index (χ1) is 12.8. The van der Waals surface area contributed by atoms with Crippen molar-refractivity contribution in [2.75, 3.05) is 30.3 Å². The third kappa shape index (κ3) is 5.84. The third-order valence-corrected chi connectivity index (χ3v) is 6.26. The predicted molar refractivity (Wildman–Crippen MR) is 110 cm³/mol. The van der Waals surface area contributed by atoms with Crippen molar-refractivity contribution < 1.29 is 13.2 Å². The molecular formula is C18H21Cl2N3O3S. The number of hydrogen-bond acceptors (Lipinski definition) is 4. The molecule has 27 heavy (non-hydrogen) atoms. The predicted octanol–water partition coefficient (Wildman–Crippen LogP) is 4.07. The lowest BCUT2D eigenvalue weighted by Crippen LogP contribution is -2.30. The van der Waals surface area contributed by atoms with Crippen LogP contribution >= 0.6 is 23.2 Å². The molecule has 1 amide bonds. The summed E-state index contributed by atoms with van der Waals surface area (Å²) in [5.74, 6) is -0.330. The topological polar surface area (TPSA) is 78.5 Å². The van der Waals surface area contributed by atoms with Gasteiger partial charge in [0.05, 0.1) is 11.4 Å². The summed E-state index contributed by atoms with van der Waals surface area (Å²) in [5, 5.41) is 6.51. The van der Waals surface area contributed by atoms with E-state index in [0.717, 1.165) is 0 Å². The maximum Gasteiger partial charge on any atom is 0.243 e. The molecule has 0 aliphatic heterocycles. The summed E-state index contributed by atoms with van der Waals surface area (Å²) in [7, 11) is -3.59. The SMILES string of the molecule is CCN(CC)S(=O)(=O)c1cccc(NC(=O)CNc2cc(Cl)cc(Cl)c2)c1. The van der Waals surface area contributed by atoms with E-state index in [4.69, 9.17) is 23.2 Å². The maximum absolute atomic E-state index is 12.6. The fourth-order valence-corrected chi connectivity index (χ4v) is 4.52. The number of nitrogens with zero attached hydrogens (tertiary/aromatic N) is 1. The normalized spacial score (nSPS) is 11.4. The lowest BCUT2D eigenvalue weighted by molar-refractivity contribution is -0.114. The van der Waals surface area contributed by atoms with Gasteiger partial charge in [0, 0.05) is 34.5 Å². The highest BCUT2D eigenvalue weighted by molar-refractivity contribution is 7.89. The smallest absolute Gasteiger partial charge is 0.243 e. The summed E-state index contributed by atoms with van der Waals surface area (Å²) in [6.45, 7) is 4.29. The van der Waals surface area contributed by atoms with Gasteiger partial charge in [-0.3, -0.25) is 4.79 Å². The molecule has 0 atom stereocenters. The van der Waals surface area contributed by atoms with E-state index in [9.17, 15) is 13.2 Å². The summed E-state index contributed by atoms with van der Waals surface area (Å²) in [4.78, 5) is 12.3. The van der Waals surface area contributed by atoms with Gasteiger partial charge in [-0.15, -0.1) is 0 Å². The van der Waals surface area contributed by atoms with E-state index in [1.165, 1.54) is 16.4 Å². The minimum absolute atomic E-state index is 0.0241. The van der Waals surface area contributed by atoms with Gasteiger partial charge in [-0.05, 0) is 36.4 Å². The Bertz CT molecular complexity index is 896. The number of rotatable bonds is 8. The fraction of sp³-hybridized carbons (Fsp3) is 0.278. The summed E-state index contributed by atoms with van der Waals surface area (Å²) >= 11 is 11.8. The second kappa shape index (κ2) is 9.41. The molecule has 0 unspecified atom stereocenters. The first kappa shape index (κ1) is 21.5. The number of carbonyl (C=O) groups excluding carboxylic acids is 1. The molecule has 2 aromatic carbocycles. The molecule has 2 N–H and O–H groups in total. The number of amides is 1. The van der Waals surface area contributed by atoms with Crippen LogP contribution < -0.4 is 10.6 Å². The van der Waals surface area contributed by atoms with Gasteiger partial charge in [0.1, 0.15) is 0 Å². The van der Waals surface area contributed by atoms with Crippen LogP contribution in [-0.2, 0) is 14.8 Å². The molecule has 0 aromatic heterocycles. The standard InChI is InChI=1S/C18H21Cl2N3O3S/c1-3-23(4-2)27(25,26)17-7-5-6-15(11-17)22-18(24)12-21-16-9-13(19)8-14(20)10-16/h5-11,21H,3-4,12H2,1-2H3,(H,22,24). The Morgan fingerprint density at radius 1 is 1.00 bits per heavy atom. The highest BCUT2D eigenvalue weighted by Crippen LogP contribution is 2.22. The zero-order valence-electron chi connectivity index (χ0n) is 15.0. The minimum atomic E-state index is -3.59. The Kier molecular flexibility index (Phi) is 7.49. The molecule has 0 saturated heterocycles. The summed E-state index contributed by atoms with van der Waals surface area (Å²) in [5.41, 5.74) is 1.01. The molecule has 0 radical (unpaired) electrons. The largest absolute Gasteiger partial charge is 0.376 e. The van der Waals surface area contributed by atoms with Gasteiger partial charge in [-0.2, -0.15) is 4.31 Å². The summed E-state index contributed by atoms with van der Waals surface area (Å²) in [6, 6.07) is 11.1. The molecule has 0 bridgehead atoms. The molecule has 0 aliphatic rings. The number of nitrogens with one attached hydrogen (secondary N) is 2. The number of halogens is 2. The third-order valence-electron chi connectivity index (χ3n) is 3.78. The van der Waals surface area contributed by atoms with Crippen LogP contribution in [0.4, 0.5) is 11.4 Å². The fourth-order valence-electron chi connectivity index (χ4n) is 2.49. The number of anilines is 2. The monoisotopic (exact) mass is 429 g/mol. The van der Waals surface area contributed by atoms with Gasteiger partial charge >= 0.3 is 0 Å². The lowest BCUT2D eigenvalue weighted by atomic mass is 10.3. The first-order valence-electron chi connectivity index (χ1n) is 8.36. The van der Waals surface area contributed by atoms with Crippen LogP contribution in [0.25, 0.3) is 0 Å². The van der Waals surface area contributed by atoms with Crippen molar-refractivity contribution in [2.45, 2.75) is 18.7 Å². The first-order valence-corrected chi connectivity index (χ1v) is 10.6. The Balaban J connectivity index is 2.06. The van der Waals surface area contributed by atoms with E-state index < -0.39 is 10.0 Å². The lowest BCUT2D eigenvalue weighted by Gasteiger charge is -2.19. The number of benzene rings is 2. The van der Waals surface area contributed by atoms with Gasteiger partial charge in [-0.25, -0.2) is 8.42 Å². The molecule has 0 heterocycles. The van der Waals surface area contributed by atoms with Crippen molar-refractivity contribution in [1.82, 2.24) is 4.31 Å². The molecule has 6 nitrogen and oxygen atoms in total. The van der Waals surface area contributed by atoms with E-state index in [2.05, 4.69) is 10.6 Å². The van der Waals surface area contributed by atoms with Crippen molar-refractivity contribution in [3.63, 3.8) is 0 Å². The van der Waals surface area contributed by atoms with Gasteiger partial charge in [0.25, 0.3) is 0 Å². The average Bonchev–Trinajstić information content (AvgIpc) is 2.60. The van der Waals surface area contributed by atoms with Gasteiger partial charge < -0.3 is 10.6 Å². The Morgan fingerprint density at radius 2 is 1.63 bits per heavy atom. The Morgan fingerprint density at radius 3 is 2.22 bits per heavy atom. The number of carbonyl (C=O) groups is 1. The van der Waals surface area contributed by atoms with Crippen molar-refractivity contribution >= 4 is 50.5 Å². The van der Waals surface area contributed by atoms with Crippen LogP contribution in [0.3, 0.4) is 0 Å². The van der Waals surface area contributed by atoms with Crippen molar-refractivity contribution in [1.29, 1.82) is 0 Å². The second-order valence-corrected chi connectivity index (χ2v) is 8.49. The summed E-state index contributed by atoms with van der Waals surface area (Å²) < 4.78 is 26.5. The number of hydrogen-bond donors (Lipinski definition) is 2. The van der Waals surface area contributed by atoms with Crippen LogP contribution in [0.1, 0.15) is 13.8 Å². The maximum atomic E-state index is 12.6. The van der Waals surface area contributed by atoms with E-state index in [1.54, 1.807) is 44.2 Å². The quantitative estimate of drug-likeness (QED) is 0.662. The van der Waals surface area contributed by atoms with Crippen LogP contribution in [0.15, 0.2) is 47.4 Å². The highest BCUT2D eigenvalue weighted by atomic mass is 35.5. The Labute approximate surface area is 169 Å². The molecule has 9 heteroatoms. The molecular weight excluding hydrogens is 409 g/mol. The molecule has 146 valence electrons. The molecule has 0 spiro atoms. The van der Waals surface area contributed by atoms with E-state index >= 15 is 0 Å². The zero-order valence-corrected chi connectivity index (χ0v) is 17.3. The molecule has 2 rings (SSSR count). The van der Waals surface area contributed by atoms with Crippen molar-refractivity contribution in [2.24, 2.45) is 0 Å². The van der Waals surface area contributed by atoms with Crippen LogP contribution in [-0.4, -0.2) is 38.3 Å². The van der Waals surface area contributed by atoms with Crippen LogP contribution in [0, 0.1) is 0 Å².